The van der Waals surface area contributed by atoms with E-state index < -0.39 is 0 Å². The number of fused-ring (bicyclic) bond motifs is 12. The van der Waals surface area contributed by atoms with Gasteiger partial charge in [-0.3, -0.25) is 0 Å². The zero-order valence-electron chi connectivity index (χ0n) is 58.9. The van der Waals surface area contributed by atoms with Gasteiger partial charge in [0, 0.05) is 27.8 Å². The molecule has 2 aromatic heterocycles. The highest BCUT2D eigenvalue weighted by molar-refractivity contribution is 6.62. The van der Waals surface area contributed by atoms with E-state index in [1.807, 2.05) is 72.8 Å². The van der Waals surface area contributed by atoms with E-state index in [2.05, 4.69) is 317 Å². The van der Waals surface area contributed by atoms with Crippen molar-refractivity contribution in [1.82, 2.24) is 29.9 Å². The maximum absolute atomic E-state index is 6.30. The van der Waals surface area contributed by atoms with E-state index in [1.165, 1.54) is 64.6 Å². The van der Waals surface area contributed by atoms with Crippen molar-refractivity contribution in [2.45, 2.75) is 38.9 Å². The molecule has 8 nitrogen and oxygen atoms in total. The Morgan fingerprint density at radius 1 is 0.208 bits per heavy atom. The van der Waals surface area contributed by atoms with Gasteiger partial charge >= 0.3 is 7.12 Å². The Labute approximate surface area is 621 Å². The lowest BCUT2D eigenvalue weighted by Crippen LogP contribution is -2.41. The Morgan fingerprint density at radius 2 is 0.434 bits per heavy atom. The summed E-state index contributed by atoms with van der Waals surface area (Å²) in [6.45, 7) is 8.38. The van der Waals surface area contributed by atoms with Crippen molar-refractivity contribution in [3.05, 3.63) is 357 Å². The minimum Gasteiger partial charge on any atom is -0.399 e. The van der Waals surface area contributed by atoms with Gasteiger partial charge in [0.25, 0.3) is 0 Å². The van der Waals surface area contributed by atoms with Gasteiger partial charge in [0.15, 0.2) is 29.1 Å². The van der Waals surface area contributed by atoms with Crippen molar-refractivity contribution < 1.29 is 9.31 Å². The largest absolute Gasteiger partial charge is 0.494 e. The standard InChI is InChI=1S/C45H29N3.C27H18ClN3.C24H23BO2/c1-3-13-30(14-4-1)32-17-11-19-34(27-32)43-46-44(35-20-12-18-33(28-35)31-15-5-2-6-16-31)48-45(47-43)36-25-26-41-39-23-8-7-21-37(39)38-22-9-10-24-40(38)42(41)29-36;28-27-30-25(23-15-7-13-21(17-23)19-9-3-1-4-10-19)29-26(31-27)24-16-8-14-22(18-24)20-11-5-2-6-12-20;1-23(2)24(3,4)27-25(26-23)16-13-14-21-19-11-6-5-9-17(19)18-10-7-8-12-20(18)22(21)15-16/h1-29H;1-18H;5-15H,1-4H3. The summed E-state index contributed by atoms with van der Waals surface area (Å²) >= 11 is 6.30. The van der Waals surface area contributed by atoms with Gasteiger partial charge in [-0.05, 0) is 184 Å². The molecule has 0 N–H and O–H groups in total. The summed E-state index contributed by atoms with van der Waals surface area (Å²) in [5.74, 6) is 3.03. The predicted molar refractivity (Wildman–Crippen MR) is 441 cm³/mol. The molecule has 10 heteroatoms. The first-order valence-electron chi connectivity index (χ1n) is 35.8. The minimum absolute atomic E-state index is 0.176. The molecule has 506 valence electrons. The van der Waals surface area contributed by atoms with E-state index in [0.717, 1.165) is 77.8 Å². The van der Waals surface area contributed by atoms with Crippen LogP contribution in [0.5, 0.6) is 0 Å². The molecule has 106 heavy (non-hydrogen) atoms. The zero-order chi connectivity index (χ0) is 71.7. The summed E-state index contributed by atoms with van der Waals surface area (Å²) < 4.78 is 12.6. The molecule has 0 saturated carbocycles. The van der Waals surface area contributed by atoms with Crippen molar-refractivity contribution >= 4 is 88.8 Å². The van der Waals surface area contributed by atoms with Crippen LogP contribution in [0.3, 0.4) is 0 Å². The number of aromatic nitrogens is 6. The highest BCUT2D eigenvalue weighted by Crippen LogP contribution is 2.41. The van der Waals surface area contributed by atoms with Crippen LogP contribution in [0.2, 0.25) is 5.28 Å². The van der Waals surface area contributed by atoms with Crippen LogP contribution in [0.4, 0.5) is 0 Å². The molecule has 1 saturated heterocycles. The molecule has 0 bridgehead atoms. The van der Waals surface area contributed by atoms with Crippen LogP contribution in [0.15, 0.2) is 352 Å². The maximum atomic E-state index is 6.30. The normalized spacial score (nSPS) is 13.0. The van der Waals surface area contributed by atoms with Gasteiger partial charge in [0.05, 0.1) is 11.2 Å². The number of nitrogens with zero attached hydrogens (tertiary/aromatic N) is 6. The molecular weight excluding hydrogens is 1320 g/mol. The summed E-state index contributed by atoms with van der Waals surface area (Å²) in [5, 5.41) is 15.2. The van der Waals surface area contributed by atoms with Crippen LogP contribution in [-0.2, 0) is 9.31 Å². The fraction of sp³-hybridized carbons (Fsp3) is 0.0625. The molecular formula is C96H70BClN6O2. The third-order valence-electron chi connectivity index (χ3n) is 20.5. The average molecular weight is 1390 g/mol. The maximum Gasteiger partial charge on any atom is 0.494 e. The molecule has 0 atom stereocenters. The second-order valence-corrected chi connectivity index (χ2v) is 28.0. The molecule has 1 aliphatic heterocycles. The Hall–Kier alpha value is -12.6. The van der Waals surface area contributed by atoms with E-state index in [4.69, 9.17) is 40.8 Å². The van der Waals surface area contributed by atoms with Gasteiger partial charge in [-0.25, -0.2) is 19.9 Å². The van der Waals surface area contributed by atoms with Crippen molar-refractivity contribution in [2.75, 3.05) is 0 Å². The smallest absolute Gasteiger partial charge is 0.399 e. The summed E-state index contributed by atoms with van der Waals surface area (Å²) in [7, 11) is -0.343. The van der Waals surface area contributed by atoms with E-state index in [0.29, 0.717) is 29.1 Å². The number of hydrogen-bond donors (Lipinski definition) is 0. The van der Waals surface area contributed by atoms with Gasteiger partial charge in [0.1, 0.15) is 0 Å². The summed E-state index contributed by atoms with van der Waals surface area (Å²) in [4.78, 5) is 28.9. The van der Waals surface area contributed by atoms with Crippen LogP contribution >= 0.6 is 11.6 Å². The second-order valence-electron chi connectivity index (χ2n) is 27.7. The summed E-state index contributed by atoms with van der Waals surface area (Å²) in [6.07, 6.45) is 0. The van der Waals surface area contributed by atoms with Crippen molar-refractivity contribution in [2.24, 2.45) is 0 Å². The van der Waals surface area contributed by atoms with E-state index >= 15 is 0 Å². The van der Waals surface area contributed by atoms with Crippen molar-refractivity contribution in [3.63, 3.8) is 0 Å². The van der Waals surface area contributed by atoms with Gasteiger partial charge in [-0.1, -0.05) is 322 Å². The molecule has 16 aromatic carbocycles. The second kappa shape index (κ2) is 28.5. The third-order valence-corrected chi connectivity index (χ3v) is 20.6. The predicted octanol–water partition coefficient (Wildman–Crippen LogP) is 24.3. The first-order chi connectivity index (χ1) is 51.9. The molecule has 3 heterocycles. The number of halogens is 1. The Bertz CT molecular complexity index is 6030. The van der Waals surface area contributed by atoms with Gasteiger partial charge in [0.2, 0.25) is 5.28 Å². The van der Waals surface area contributed by atoms with Crippen LogP contribution in [0.1, 0.15) is 27.7 Å². The average Bonchev–Trinajstić information content (AvgIpc) is 1.24. The van der Waals surface area contributed by atoms with E-state index in [1.54, 1.807) is 0 Å². The Morgan fingerprint density at radius 3 is 0.745 bits per heavy atom. The van der Waals surface area contributed by atoms with Gasteiger partial charge < -0.3 is 9.31 Å². The molecule has 0 amide bonds. The van der Waals surface area contributed by atoms with Crippen LogP contribution in [0, 0.1) is 0 Å². The Balaban J connectivity index is 0.000000124. The lowest BCUT2D eigenvalue weighted by Gasteiger charge is -2.32. The molecule has 0 unspecified atom stereocenters. The summed E-state index contributed by atoms with van der Waals surface area (Å²) in [5.41, 5.74) is 14.0. The molecule has 0 spiro atoms. The lowest BCUT2D eigenvalue weighted by atomic mass is 9.77. The topological polar surface area (TPSA) is 95.8 Å². The minimum atomic E-state index is -0.343. The highest BCUT2D eigenvalue weighted by Gasteiger charge is 2.51. The SMILES string of the molecule is CC1(C)OB(c2ccc3c4ccccc4c4ccccc4c3c2)OC1(C)C.Clc1nc(-c2cccc(-c3ccccc3)c2)nc(-c2cccc(-c3ccccc3)c2)n1.c1ccc(-c2cccc(-c3nc(-c4cccc(-c5ccccc5)c4)nc(-c4ccc5c6ccccc6c6ccccc6c5c4)n3)c2)cc1. The molecule has 0 radical (unpaired) electrons. The molecule has 19 rings (SSSR count). The quantitative estimate of drug-likeness (QED) is 0.0987. The van der Waals surface area contributed by atoms with Crippen LogP contribution in [0.25, 0.3) is 166 Å². The number of hydrogen-bond acceptors (Lipinski definition) is 8. The van der Waals surface area contributed by atoms with E-state index in [-0.39, 0.29) is 23.6 Å². The number of benzene rings is 16. The van der Waals surface area contributed by atoms with Crippen molar-refractivity contribution in [3.8, 4) is 101 Å². The molecule has 18 aromatic rings. The fourth-order valence-corrected chi connectivity index (χ4v) is 14.5. The molecule has 1 aliphatic rings. The summed E-state index contributed by atoms with van der Waals surface area (Å²) in [6, 6.07) is 122. The first kappa shape index (κ1) is 66.6. The first-order valence-corrected chi connectivity index (χ1v) is 36.1. The van der Waals surface area contributed by atoms with E-state index in [9.17, 15) is 0 Å². The Kier molecular flexibility index (Phi) is 17.9. The van der Waals surface area contributed by atoms with Gasteiger partial charge in [-0.2, -0.15) is 9.97 Å². The highest BCUT2D eigenvalue weighted by atomic mass is 35.5. The molecule has 1 fully saturated rings. The van der Waals surface area contributed by atoms with Gasteiger partial charge in [-0.15, -0.1) is 0 Å². The van der Waals surface area contributed by atoms with Crippen molar-refractivity contribution in [1.29, 1.82) is 0 Å². The monoisotopic (exact) mass is 1380 g/mol. The lowest BCUT2D eigenvalue weighted by molar-refractivity contribution is 0.00578. The number of rotatable bonds is 10. The van der Waals surface area contributed by atoms with Crippen LogP contribution in [-0.4, -0.2) is 48.2 Å². The zero-order valence-corrected chi connectivity index (χ0v) is 59.7. The fourth-order valence-electron chi connectivity index (χ4n) is 14.3. The molecule has 0 aliphatic carbocycles. The third kappa shape index (κ3) is 13.4. The van der Waals surface area contributed by atoms with Crippen LogP contribution < -0.4 is 5.46 Å².